The summed E-state index contributed by atoms with van der Waals surface area (Å²) in [4.78, 5) is 11.5. The van der Waals surface area contributed by atoms with Crippen LogP contribution in [0.15, 0.2) is 18.6 Å². The number of hydrogen-bond acceptors (Lipinski definition) is 4. The lowest BCUT2D eigenvalue weighted by Crippen LogP contribution is -2.41. The van der Waals surface area contributed by atoms with E-state index >= 15 is 0 Å². The first-order valence-electron chi connectivity index (χ1n) is 7.43. The highest BCUT2D eigenvalue weighted by atomic mass is 15.2. The van der Waals surface area contributed by atoms with E-state index in [9.17, 15) is 0 Å². The van der Waals surface area contributed by atoms with Gasteiger partial charge in [0.25, 0.3) is 0 Å². The minimum Gasteiger partial charge on any atom is -0.351 e. The van der Waals surface area contributed by atoms with Gasteiger partial charge < -0.3 is 14.8 Å². The van der Waals surface area contributed by atoms with E-state index < -0.39 is 0 Å². The molecule has 1 unspecified atom stereocenters. The van der Waals surface area contributed by atoms with E-state index in [1.807, 2.05) is 30.2 Å². The molecule has 1 atom stereocenters. The summed E-state index contributed by atoms with van der Waals surface area (Å²) in [5.41, 5.74) is 2.14. The molecule has 1 aliphatic rings. The van der Waals surface area contributed by atoms with Gasteiger partial charge in [0.1, 0.15) is 5.52 Å². The molecule has 0 amide bonds. The Bertz CT molecular complexity index is 583. The summed E-state index contributed by atoms with van der Waals surface area (Å²) in [6.07, 6.45) is 6.28. The molecule has 1 aliphatic heterocycles. The molecule has 0 radical (unpaired) electrons. The van der Waals surface area contributed by atoms with Crippen molar-refractivity contribution in [3.8, 4) is 0 Å². The second kappa shape index (κ2) is 5.40. The van der Waals surface area contributed by atoms with Crippen LogP contribution in [0.5, 0.6) is 0 Å². The van der Waals surface area contributed by atoms with Gasteiger partial charge in [0.05, 0.1) is 11.8 Å². The smallest absolute Gasteiger partial charge is 0.157 e. The van der Waals surface area contributed by atoms with Gasteiger partial charge in [0, 0.05) is 31.9 Å². The number of nitrogens with zero attached hydrogens (tertiary/aromatic N) is 4. The first-order valence-corrected chi connectivity index (χ1v) is 7.43. The number of hydrogen-bond donors (Lipinski definition) is 1. The molecule has 1 N–H and O–H groups in total. The van der Waals surface area contributed by atoms with Crippen LogP contribution in [0.2, 0.25) is 0 Å². The highest BCUT2D eigenvalue weighted by molar-refractivity contribution is 5.86. The molecular formula is C15H23N5. The Morgan fingerprint density at radius 3 is 3.00 bits per heavy atom. The summed E-state index contributed by atoms with van der Waals surface area (Å²) >= 11 is 0. The Balaban J connectivity index is 1.96. The molecule has 3 heterocycles. The second-order valence-electron chi connectivity index (χ2n) is 5.90. The number of aromatic nitrogens is 3. The largest absolute Gasteiger partial charge is 0.351 e. The second-order valence-corrected chi connectivity index (χ2v) is 5.90. The number of imidazole rings is 1. The van der Waals surface area contributed by atoms with Crippen LogP contribution in [0.4, 0.5) is 5.82 Å². The van der Waals surface area contributed by atoms with Crippen LogP contribution < -0.4 is 10.2 Å². The van der Waals surface area contributed by atoms with E-state index in [-0.39, 0.29) is 0 Å². The lowest BCUT2D eigenvalue weighted by Gasteiger charge is -2.30. The van der Waals surface area contributed by atoms with Gasteiger partial charge in [-0.05, 0) is 39.3 Å². The average molecular weight is 273 g/mol. The number of fused-ring (bicyclic) bond motifs is 1. The predicted molar refractivity (Wildman–Crippen MR) is 82.0 cm³/mol. The molecule has 3 rings (SSSR count). The molecule has 108 valence electrons. The fourth-order valence-corrected chi connectivity index (χ4v) is 2.95. The van der Waals surface area contributed by atoms with Gasteiger partial charge in [-0.3, -0.25) is 0 Å². The molecule has 5 nitrogen and oxygen atoms in total. The predicted octanol–water partition coefficient (Wildman–Crippen LogP) is 1.94. The molecule has 0 aliphatic carbocycles. The third-order valence-corrected chi connectivity index (χ3v) is 4.10. The summed E-state index contributed by atoms with van der Waals surface area (Å²) in [7, 11) is 2.03. The Hall–Kier alpha value is -1.62. The van der Waals surface area contributed by atoms with Crippen molar-refractivity contribution in [2.75, 3.05) is 18.0 Å². The van der Waals surface area contributed by atoms with Crippen molar-refractivity contribution in [2.24, 2.45) is 7.05 Å². The van der Waals surface area contributed by atoms with Crippen molar-refractivity contribution < 1.29 is 0 Å². The van der Waals surface area contributed by atoms with Crippen molar-refractivity contribution in [1.29, 1.82) is 0 Å². The van der Waals surface area contributed by atoms with Crippen LogP contribution in [0, 0.1) is 0 Å². The van der Waals surface area contributed by atoms with Gasteiger partial charge in [0.2, 0.25) is 0 Å². The molecule has 0 aromatic carbocycles. The maximum atomic E-state index is 4.61. The van der Waals surface area contributed by atoms with Gasteiger partial charge in [-0.2, -0.15) is 0 Å². The highest BCUT2D eigenvalue weighted by Crippen LogP contribution is 2.25. The molecule has 1 saturated heterocycles. The maximum absolute atomic E-state index is 4.61. The van der Waals surface area contributed by atoms with Gasteiger partial charge in [-0.25, -0.2) is 9.97 Å². The SMILES string of the molecule is CC(C)N(CC1CCCN1)c1nccc2c1ncn2C. The van der Waals surface area contributed by atoms with Crippen molar-refractivity contribution >= 4 is 16.9 Å². The zero-order valence-electron chi connectivity index (χ0n) is 12.5. The highest BCUT2D eigenvalue weighted by Gasteiger charge is 2.23. The van der Waals surface area contributed by atoms with Gasteiger partial charge in [-0.1, -0.05) is 0 Å². The molecule has 1 fully saturated rings. The van der Waals surface area contributed by atoms with Crippen molar-refractivity contribution in [1.82, 2.24) is 19.9 Å². The average Bonchev–Trinajstić information content (AvgIpc) is 3.06. The standard InChI is InChI=1S/C15H23N5/c1-11(2)20(9-12-5-4-7-16-12)15-14-13(6-8-17-15)19(3)10-18-14/h6,8,10-12,16H,4-5,7,9H2,1-3H3. The normalized spacial score (nSPS) is 19.1. The number of nitrogens with one attached hydrogen (secondary N) is 1. The summed E-state index contributed by atoms with van der Waals surface area (Å²) in [5, 5.41) is 3.57. The minimum atomic E-state index is 0.414. The van der Waals surface area contributed by atoms with Gasteiger partial charge in [0.15, 0.2) is 5.82 Å². The zero-order chi connectivity index (χ0) is 14.1. The fraction of sp³-hybridized carbons (Fsp3) is 0.600. The topological polar surface area (TPSA) is 46.0 Å². The number of aryl methyl sites for hydroxylation is 1. The molecule has 0 spiro atoms. The van der Waals surface area contributed by atoms with E-state index in [4.69, 9.17) is 0 Å². The molecule has 0 bridgehead atoms. The van der Waals surface area contributed by atoms with Gasteiger partial charge in [-0.15, -0.1) is 0 Å². The molecule has 2 aromatic heterocycles. The zero-order valence-corrected chi connectivity index (χ0v) is 12.5. The Morgan fingerprint density at radius 1 is 1.45 bits per heavy atom. The molecule has 5 heteroatoms. The lowest BCUT2D eigenvalue weighted by molar-refractivity contribution is 0.550. The van der Waals surface area contributed by atoms with E-state index in [0.717, 1.165) is 29.9 Å². The quantitative estimate of drug-likeness (QED) is 0.924. The Kier molecular flexibility index (Phi) is 3.61. The number of rotatable bonds is 4. The van der Waals surface area contributed by atoms with E-state index in [2.05, 4.69) is 34.0 Å². The van der Waals surface area contributed by atoms with Gasteiger partial charge >= 0.3 is 0 Å². The number of pyridine rings is 1. The number of anilines is 1. The van der Waals surface area contributed by atoms with E-state index in [1.54, 1.807) is 0 Å². The summed E-state index contributed by atoms with van der Waals surface area (Å²) in [6, 6.07) is 3.01. The molecule has 20 heavy (non-hydrogen) atoms. The van der Waals surface area contributed by atoms with E-state index in [1.165, 1.54) is 12.8 Å². The summed E-state index contributed by atoms with van der Waals surface area (Å²) in [6.45, 7) is 6.58. The van der Waals surface area contributed by atoms with Crippen molar-refractivity contribution in [2.45, 2.75) is 38.8 Å². The fourth-order valence-electron chi connectivity index (χ4n) is 2.95. The van der Waals surface area contributed by atoms with Crippen LogP contribution in [0.3, 0.4) is 0 Å². The van der Waals surface area contributed by atoms with Crippen LogP contribution in [0.25, 0.3) is 11.0 Å². The van der Waals surface area contributed by atoms with Crippen LogP contribution >= 0.6 is 0 Å². The van der Waals surface area contributed by atoms with Crippen LogP contribution in [-0.4, -0.2) is 39.7 Å². The maximum Gasteiger partial charge on any atom is 0.157 e. The monoisotopic (exact) mass is 273 g/mol. The third-order valence-electron chi connectivity index (χ3n) is 4.10. The van der Waals surface area contributed by atoms with E-state index in [0.29, 0.717) is 12.1 Å². The Morgan fingerprint density at radius 2 is 2.30 bits per heavy atom. The Labute approximate surface area is 120 Å². The molecular weight excluding hydrogens is 250 g/mol. The van der Waals surface area contributed by atoms with Crippen molar-refractivity contribution in [3.63, 3.8) is 0 Å². The third kappa shape index (κ3) is 2.38. The van der Waals surface area contributed by atoms with Crippen LogP contribution in [-0.2, 0) is 7.05 Å². The molecule has 0 saturated carbocycles. The summed E-state index contributed by atoms with van der Waals surface area (Å²) in [5.74, 6) is 1.01. The first kappa shape index (κ1) is 13.4. The van der Waals surface area contributed by atoms with Crippen LogP contribution in [0.1, 0.15) is 26.7 Å². The first-order chi connectivity index (χ1) is 9.66. The minimum absolute atomic E-state index is 0.414. The molecule has 2 aromatic rings. The van der Waals surface area contributed by atoms with Crippen molar-refractivity contribution in [3.05, 3.63) is 18.6 Å². The lowest BCUT2D eigenvalue weighted by atomic mass is 10.2. The summed E-state index contributed by atoms with van der Waals surface area (Å²) < 4.78 is 2.05.